The molecule has 8 heteroatoms. The predicted molar refractivity (Wildman–Crippen MR) is 96.9 cm³/mol. The number of amides is 1. The van der Waals surface area contributed by atoms with Crippen LogP contribution in [0.2, 0.25) is 0 Å². The molecule has 0 saturated carbocycles. The summed E-state index contributed by atoms with van der Waals surface area (Å²) in [6, 6.07) is 8.47. The molecule has 2 aromatic rings. The van der Waals surface area contributed by atoms with Gasteiger partial charge in [-0.25, -0.2) is 13.4 Å². The molecule has 0 radical (unpaired) electrons. The van der Waals surface area contributed by atoms with Crippen molar-refractivity contribution in [3.05, 3.63) is 46.4 Å². The maximum absolute atomic E-state index is 12.6. The number of sulfonamides is 1. The number of benzene rings is 1. The highest BCUT2D eigenvalue weighted by Gasteiger charge is 2.29. The molecule has 1 aliphatic rings. The molecule has 0 bridgehead atoms. The van der Waals surface area contributed by atoms with Crippen molar-refractivity contribution in [3.63, 3.8) is 0 Å². The molecule has 0 atom stereocenters. The van der Waals surface area contributed by atoms with Crippen LogP contribution in [0.15, 0.2) is 40.6 Å². The maximum atomic E-state index is 12.6. The van der Waals surface area contributed by atoms with E-state index >= 15 is 0 Å². The normalized spacial score (nSPS) is 16.7. The molecular weight excluding hydrogens is 358 g/mol. The van der Waals surface area contributed by atoms with Gasteiger partial charge >= 0.3 is 0 Å². The lowest BCUT2D eigenvalue weighted by Crippen LogP contribution is -2.46. The molecule has 1 aromatic heterocycles. The number of thiazole rings is 1. The van der Waals surface area contributed by atoms with Crippen molar-refractivity contribution in [1.29, 1.82) is 0 Å². The lowest BCUT2D eigenvalue weighted by molar-refractivity contribution is -0.121. The van der Waals surface area contributed by atoms with Gasteiger partial charge in [0.25, 0.3) is 0 Å². The number of hydrogen-bond donors (Lipinski definition) is 1. The van der Waals surface area contributed by atoms with Gasteiger partial charge in [0.05, 0.1) is 22.0 Å². The van der Waals surface area contributed by atoms with Crippen LogP contribution in [-0.2, 0) is 21.2 Å². The molecule has 1 aromatic carbocycles. The Morgan fingerprint density at radius 2 is 1.96 bits per heavy atom. The zero-order valence-electron chi connectivity index (χ0n) is 14.0. The first-order valence-corrected chi connectivity index (χ1v) is 10.5. The Bertz CT molecular complexity index is 826. The lowest BCUT2D eigenvalue weighted by Gasteiger charge is -2.31. The number of carbonyl (C=O) groups is 1. The molecule has 1 fully saturated rings. The van der Waals surface area contributed by atoms with Crippen LogP contribution in [0.4, 0.5) is 0 Å². The second kappa shape index (κ2) is 7.63. The van der Waals surface area contributed by atoms with Crippen LogP contribution in [0.5, 0.6) is 0 Å². The van der Waals surface area contributed by atoms with Crippen molar-refractivity contribution in [2.24, 2.45) is 0 Å². The number of piperidine rings is 1. The van der Waals surface area contributed by atoms with Gasteiger partial charge in [-0.15, -0.1) is 11.3 Å². The third-order valence-corrected chi connectivity index (χ3v) is 6.94. The fourth-order valence-corrected chi connectivity index (χ4v) is 5.02. The summed E-state index contributed by atoms with van der Waals surface area (Å²) in [6.07, 6.45) is 1.51. The quantitative estimate of drug-likeness (QED) is 0.861. The smallest absolute Gasteiger partial charge is 0.243 e. The predicted octanol–water partition coefficient (Wildman–Crippen LogP) is 1.96. The van der Waals surface area contributed by atoms with Crippen molar-refractivity contribution in [2.75, 3.05) is 13.1 Å². The first kappa shape index (κ1) is 18.0. The van der Waals surface area contributed by atoms with Crippen LogP contribution in [0.1, 0.15) is 23.5 Å². The van der Waals surface area contributed by atoms with Gasteiger partial charge in [0.2, 0.25) is 15.9 Å². The Hall–Kier alpha value is -1.77. The van der Waals surface area contributed by atoms with E-state index in [0.717, 1.165) is 10.7 Å². The molecule has 1 aliphatic heterocycles. The lowest BCUT2D eigenvalue weighted by atomic mass is 10.1. The monoisotopic (exact) mass is 379 g/mol. The van der Waals surface area contributed by atoms with Crippen LogP contribution < -0.4 is 5.32 Å². The third kappa shape index (κ3) is 4.45. The molecular formula is C17H21N3O3S2. The summed E-state index contributed by atoms with van der Waals surface area (Å²) < 4.78 is 26.7. The molecule has 0 unspecified atom stereocenters. The van der Waals surface area contributed by atoms with Gasteiger partial charge in [0.15, 0.2) is 0 Å². The summed E-state index contributed by atoms with van der Waals surface area (Å²) in [5, 5.41) is 5.83. The van der Waals surface area contributed by atoms with Gasteiger partial charge in [0, 0.05) is 24.5 Å². The SMILES string of the molecule is Cc1nc(CC(=O)NC2CCN(S(=O)(=O)c3ccccc3)CC2)cs1. The van der Waals surface area contributed by atoms with Gasteiger partial charge in [-0.1, -0.05) is 18.2 Å². The summed E-state index contributed by atoms with van der Waals surface area (Å²) >= 11 is 1.53. The molecule has 1 saturated heterocycles. The summed E-state index contributed by atoms with van der Waals surface area (Å²) in [5.41, 5.74) is 0.782. The summed E-state index contributed by atoms with van der Waals surface area (Å²) in [5.74, 6) is -0.0605. The van der Waals surface area contributed by atoms with Crippen LogP contribution >= 0.6 is 11.3 Å². The summed E-state index contributed by atoms with van der Waals surface area (Å²) in [4.78, 5) is 16.7. The van der Waals surface area contributed by atoms with Crippen molar-refractivity contribution < 1.29 is 13.2 Å². The zero-order chi connectivity index (χ0) is 17.9. The van der Waals surface area contributed by atoms with Crippen molar-refractivity contribution in [3.8, 4) is 0 Å². The minimum Gasteiger partial charge on any atom is -0.353 e. The van der Waals surface area contributed by atoms with Crippen LogP contribution in [0.25, 0.3) is 0 Å². The standard InChI is InChI=1S/C17H21N3O3S2/c1-13-18-15(12-24-13)11-17(21)19-14-7-9-20(10-8-14)25(22,23)16-5-3-2-4-6-16/h2-6,12,14H,7-11H2,1H3,(H,19,21). The van der Waals surface area contributed by atoms with Gasteiger partial charge in [-0.2, -0.15) is 4.31 Å². The van der Waals surface area contributed by atoms with Crippen molar-refractivity contribution in [1.82, 2.24) is 14.6 Å². The van der Waals surface area contributed by atoms with Crippen molar-refractivity contribution >= 4 is 27.3 Å². The van der Waals surface area contributed by atoms with E-state index < -0.39 is 10.0 Å². The minimum absolute atomic E-state index is 0.00876. The van der Waals surface area contributed by atoms with E-state index in [0.29, 0.717) is 30.8 Å². The number of carbonyl (C=O) groups excluding carboxylic acids is 1. The van der Waals surface area contributed by atoms with Gasteiger partial charge < -0.3 is 5.32 Å². The van der Waals surface area contributed by atoms with E-state index in [1.54, 1.807) is 30.3 Å². The first-order chi connectivity index (χ1) is 11.9. The Kier molecular flexibility index (Phi) is 5.51. The topological polar surface area (TPSA) is 79.4 Å². The highest BCUT2D eigenvalue weighted by atomic mass is 32.2. The molecule has 25 heavy (non-hydrogen) atoms. The van der Waals surface area contributed by atoms with Crippen molar-refractivity contribution in [2.45, 2.75) is 37.1 Å². The number of aryl methyl sites for hydroxylation is 1. The highest BCUT2D eigenvalue weighted by Crippen LogP contribution is 2.20. The number of aromatic nitrogens is 1. The fourth-order valence-electron chi connectivity index (χ4n) is 2.91. The third-order valence-electron chi connectivity index (χ3n) is 4.21. The molecule has 6 nitrogen and oxygen atoms in total. The van der Waals surface area contributed by atoms with E-state index in [-0.39, 0.29) is 18.4 Å². The number of rotatable bonds is 5. The van der Waals surface area contributed by atoms with Gasteiger partial charge in [-0.3, -0.25) is 4.79 Å². The number of nitrogens with zero attached hydrogens (tertiary/aromatic N) is 2. The van der Waals surface area contributed by atoms with E-state index in [9.17, 15) is 13.2 Å². The van der Waals surface area contributed by atoms with E-state index in [1.807, 2.05) is 12.3 Å². The Morgan fingerprint density at radius 1 is 1.28 bits per heavy atom. The Morgan fingerprint density at radius 3 is 2.56 bits per heavy atom. The fraction of sp³-hybridized carbons (Fsp3) is 0.412. The average molecular weight is 380 g/mol. The Labute approximate surface area is 151 Å². The maximum Gasteiger partial charge on any atom is 0.243 e. The van der Waals surface area contributed by atoms with Gasteiger partial charge in [0.1, 0.15) is 0 Å². The Balaban J connectivity index is 1.52. The second-order valence-corrected chi connectivity index (χ2v) is 9.09. The van der Waals surface area contributed by atoms with Crippen LogP contribution in [-0.4, -0.2) is 42.7 Å². The van der Waals surface area contributed by atoms with E-state index in [1.165, 1.54) is 15.6 Å². The highest BCUT2D eigenvalue weighted by molar-refractivity contribution is 7.89. The van der Waals surface area contributed by atoms with E-state index in [4.69, 9.17) is 0 Å². The average Bonchev–Trinajstić information content (AvgIpc) is 3.01. The number of hydrogen-bond acceptors (Lipinski definition) is 5. The molecule has 2 heterocycles. The largest absolute Gasteiger partial charge is 0.353 e. The molecule has 1 amide bonds. The summed E-state index contributed by atoms with van der Waals surface area (Å²) in [6.45, 7) is 2.74. The molecule has 3 rings (SSSR count). The zero-order valence-corrected chi connectivity index (χ0v) is 15.6. The number of nitrogens with one attached hydrogen (secondary N) is 1. The molecule has 0 spiro atoms. The molecule has 134 valence electrons. The molecule has 1 N–H and O–H groups in total. The van der Waals surface area contributed by atoms with E-state index in [2.05, 4.69) is 10.3 Å². The first-order valence-electron chi connectivity index (χ1n) is 8.21. The second-order valence-electron chi connectivity index (χ2n) is 6.09. The van der Waals surface area contributed by atoms with Crippen LogP contribution in [0, 0.1) is 6.92 Å². The van der Waals surface area contributed by atoms with Gasteiger partial charge in [-0.05, 0) is 31.9 Å². The summed E-state index contributed by atoms with van der Waals surface area (Å²) in [7, 11) is -3.45. The minimum atomic E-state index is -3.45. The van der Waals surface area contributed by atoms with Crippen LogP contribution in [0.3, 0.4) is 0 Å². The molecule has 0 aliphatic carbocycles.